The van der Waals surface area contributed by atoms with Gasteiger partial charge in [-0.25, -0.2) is 0 Å². The van der Waals surface area contributed by atoms with Gasteiger partial charge in [-0.2, -0.15) is 0 Å². The molecule has 4 rings (SSSR count). The fraction of sp³-hybridized carbons (Fsp3) is 0.333. The Hall–Kier alpha value is -4.26. The molecule has 1 N–H and O–H groups in total. The number of carbonyl (C=O) groups excluding carboxylic acids is 2. The van der Waals surface area contributed by atoms with Crippen LogP contribution in [0.5, 0.6) is 11.5 Å². The topological polar surface area (TPSA) is 79.3 Å². The second-order valence-electron chi connectivity index (χ2n) is 11.1. The van der Waals surface area contributed by atoms with Crippen molar-refractivity contribution in [1.82, 2.24) is 0 Å². The van der Waals surface area contributed by atoms with Crippen LogP contribution in [0.15, 0.2) is 72.3 Å². The summed E-state index contributed by atoms with van der Waals surface area (Å²) < 4.78 is 11.5. The summed E-state index contributed by atoms with van der Waals surface area (Å²) in [6, 6.07) is 19.3. The van der Waals surface area contributed by atoms with Crippen molar-refractivity contribution >= 4 is 28.8 Å². The van der Waals surface area contributed by atoms with Crippen molar-refractivity contribution in [3.05, 3.63) is 89.0 Å². The third kappa shape index (κ3) is 5.41. The van der Waals surface area contributed by atoms with Gasteiger partial charge in [0.1, 0.15) is 17.3 Å². The maximum Gasteiger partial charge on any atom is 0.300 e. The highest BCUT2D eigenvalue weighted by atomic mass is 16.5. The number of Topliss-reactive ketones (excluding diaryl/α,β-unsaturated/α-hetero) is 1. The Labute approximate surface area is 236 Å². The highest BCUT2D eigenvalue weighted by Gasteiger charge is 2.48. The number of ketones is 1. The van der Waals surface area contributed by atoms with E-state index >= 15 is 0 Å². The highest BCUT2D eigenvalue weighted by Crippen LogP contribution is 2.45. The fourth-order valence-corrected chi connectivity index (χ4v) is 4.94. The van der Waals surface area contributed by atoms with E-state index in [1.807, 2.05) is 83.1 Å². The summed E-state index contributed by atoms with van der Waals surface area (Å²) in [5.74, 6) is -0.525. The van der Waals surface area contributed by atoms with Gasteiger partial charge in [-0.05, 0) is 59.9 Å². The van der Waals surface area contributed by atoms with Crippen LogP contribution in [0.4, 0.5) is 11.4 Å². The number of ether oxygens (including phenoxy) is 2. The standard InChI is InChI=1S/C33H38N2O5/c1-8-19-40-27-12-10-9-11-25(27)35-29(21-13-16-23(17-14-21)34(5)6)28(31(37)32(35)38)30(36)22-15-18-26(39-7)24(20-22)33(2,3)4/h9-18,20,29,36H,8,19H2,1-7H3/b30-28-. The van der Waals surface area contributed by atoms with E-state index in [0.717, 1.165) is 17.7 Å². The number of para-hydroxylation sites is 2. The molecule has 1 atom stereocenters. The van der Waals surface area contributed by atoms with Gasteiger partial charge in [-0.15, -0.1) is 0 Å². The molecule has 1 fully saturated rings. The Bertz CT molecular complexity index is 1430. The molecule has 1 unspecified atom stereocenters. The minimum Gasteiger partial charge on any atom is -0.507 e. The Morgan fingerprint density at radius 2 is 1.65 bits per heavy atom. The zero-order chi connectivity index (χ0) is 29.2. The summed E-state index contributed by atoms with van der Waals surface area (Å²) in [6.45, 7) is 8.61. The lowest BCUT2D eigenvalue weighted by Crippen LogP contribution is -2.30. The second kappa shape index (κ2) is 11.5. The number of rotatable bonds is 8. The van der Waals surface area contributed by atoms with Crippen molar-refractivity contribution in [2.75, 3.05) is 37.6 Å². The number of anilines is 2. The lowest BCUT2D eigenvalue weighted by atomic mass is 9.84. The van der Waals surface area contributed by atoms with E-state index < -0.39 is 17.7 Å². The first-order valence-electron chi connectivity index (χ1n) is 13.5. The van der Waals surface area contributed by atoms with Crippen molar-refractivity contribution in [1.29, 1.82) is 0 Å². The van der Waals surface area contributed by atoms with Crippen molar-refractivity contribution in [2.24, 2.45) is 0 Å². The number of aliphatic hydroxyl groups is 1. The van der Waals surface area contributed by atoms with Gasteiger partial charge in [0, 0.05) is 30.9 Å². The first kappa shape index (κ1) is 28.7. The molecule has 7 heteroatoms. The molecule has 1 heterocycles. The molecule has 1 aliphatic rings. The molecule has 3 aromatic rings. The molecule has 1 saturated heterocycles. The van der Waals surface area contributed by atoms with Crippen molar-refractivity contribution in [2.45, 2.75) is 45.6 Å². The summed E-state index contributed by atoms with van der Waals surface area (Å²) in [6.07, 6.45) is 0.788. The molecular weight excluding hydrogens is 504 g/mol. The van der Waals surface area contributed by atoms with Crippen molar-refractivity contribution in [3.8, 4) is 11.5 Å². The van der Waals surface area contributed by atoms with E-state index in [0.29, 0.717) is 34.9 Å². The number of amides is 1. The predicted octanol–water partition coefficient (Wildman–Crippen LogP) is 6.47. The maximum atomic E-state index is 13.7. The average Bonchev–Trinajstić information content (AvgIpc) is 3.20. The van der Waals surface area contributed by atoms with Gasteiger partial charge in [0.15, 0.2) is 0 Å². The van der Waals surface area contributed by atoms with E-state index in [9.17, 15) is 14.7 Å². The maximum absolute atomic E-state index is 13.7. The lowest BCUT2D eigenvalue weighted by Gasteiger charge is -2.27. The van der Waals surface area contributed by atoms with Crippen molar-refractivity contribution < 1.29 is 24.2 Å². The smallest absolute Gasteiger partial charge is 0.300 e. The number of methoxy groups -OCH3 is 1. The number of carbonyl (C=O) groups is 2. The Morgan fingerprint density at radius 3 is 2.25 bits per heavy atom. The molecular formula is C33H38N2O5. The first-order valence-corrected chi connectivity index (χ1v) is 13.5. The Balaban J connectivity index is 1.96. The van der Waals surface area contributed by atoms with E-state index in [2.05, 4.69) is 0 Å². The van der Waals surface area contributed by atoms with Gasteiger partial charge < -0.3 is 19.5 Å². The average molecular weight is 543 g/mol. The monoisotopic (exact) mass is 542 g/mol. The lowest BCUT2D eigenvalue weighted by molar-refractivity contribution is -0.132. The molecule has 0 spiro atoms. The fourth-order valence-electron chi connectivity index (χ4n) is 4.94. The first-order chi connectivity index (χ1) is 19.0. The van der Waals surface area contributed by atoms with E-state index in [4.69, 9.17) is 9.47 Å². The molecule has 40 heavy (non-hydrogen) atoms. The predicted molar refractivity (Wildman–Crippen MR) is 159 cm³/mol. The van der Waals surface area contributed by atoms with Gasteiger partial charge in [0.25, 0.3) is 11.7 Å². The van der Waals surface area contributed by atoms with Gasteiger partial charge in [0.05, 0.1) is 31.0 Å². The Kier molecular flexibility index (Phi) is 8.24. The number of nitrogens with zero attached hydrogens (tertiary/aromatic N) is 2. The summed E-state index contributed by atoms with van der Waals surface area (Å²) in [5.41, 5.74) is 3.19. The zero-order valence-electron chi connectivity index (χ0n) is 24.3. The molecule has 0 aromatic heterocycles. The number of aliphatic hydroxyl groups excluding tert-OH is 1. The van der Waals surface area contributed by atoms with E-state index in [1.165, 1.54) is 4.90 Å². The van der Waals surface area contributed by atoms with Crippen LogP contribution >= 0.6 is 0 Å². The van der Waals surface area contributed by atoms with Crippen LogP contribution in [0.25, 0.3) is 5.76 Å². The third-order valence-electron chi connectivity index (χ3n) is 7.04. The number of hydrogen-bond donors (Lipinski definition) is 1. The summed E-state index contributed by atoms with van der Waals surface area (Å²) in [5, 5.41) is 11.7. The van der Waals surface area contributed by atoms with Crippen LogP contribution in [0.1, 0.15) is 56.8 Å². The SMILES string of the molecule is CCCOc1ccccc1N1C(=O)C(=O)/C(=C(\O)c2ccc(OC)c(C(C)(C)C)c2)C1c1ccc(N(C)C)cc1. The molecule has 7 nitrogen and oxygen atoms in total. The molecule has 1 amide bonds. The normalized spacial score (nSPS) is 16.8. The molecule has 3 aromatic carbocycles. The van der Waals surface area contributed by atoms with E-state index in [1.54, 1.807) is 37.4 Å². The number of benzene rings is 3. The minimum atomic E-state index is -0.859. The molecule has 0 saturated carbocycles. The molecule has 0 bridgehead atoms. The van der Waals surface area contributed by atoms with Crippen LogP contribution in [-0.2, 0) is 15.0 Å². The van der Waals surface area contributed by atoms with E-state index in [-0.39, 0.29) is 16.7 Å². The largest absolute Gasteiger partial charge is 0.507 e. The zero-order valence-corrected chi connectivity index (χ0v) is 24.3. The molecule has 0 radical (unpaired) electrons. The molecule has 1 aliphatic heterocycles. The highest BCUT2D eigenvalue weighted by molar-refractivity contribution is 6.52. The van der Waals surface area contributed by atoms with Crippen LogP contribution in [0, 0.1) is 0 Å². The number of hydrogen-bond acceptors (Lipinski definition) is 6. The minimum absolute atomic E-state index is 0.0259. The van der Waals surface area contributed by atoms with Crippen LogP contribution in [-0.4, -0.2) is 44.6 Å². The van der Waals surface area contributed by atoms with Gasteiger partial charge >= 0.3 is 0 Å². The van der Waals surface area contributed by atoms with Gasteiger partial charge in [0.2, 0.25) is 0 Å². The summed E-state index contributed by atoms with van der Waals surface area (Å²) in [7, 11) is 5.49. The second-order valence-corrected chi connectivity index (χ2v) is 11.1. The summed E-state index contributed by atoms with van der Waals surface area (Å²) in [4.78, 5) is 30.8. The van der Waals surface area contributed by atoms with Crippen molar-refractivity contribution in [3.63, 3.8) is 0 Å². The van der Waals surface area contributed by atoms with Crippen LogP contribution < -0.4 is 19.3 Å². The summed E-state index contributed by atoms with van der Waals surface area (Å²) >= 11 is 0. The van der Waals surface area contributed by atoms with Gasteiger partial charge in [-0.1, -0.05) is 52.0 Å². The molecule has 210 valence electrons. The van der Waals surface area contributed by atoms with Gasteiger partial charge in [-0.3, -0.25) is 14.5 Å². The Morgan fingerprint density at radius 1 is 0.975 bits per heavy atom. The van der Waals surface area contributed by atoms with Crippen LogP contribution in [0.2, 0.25) is 0 Å². The molecule has 0 aliphatic carbocycles. The quantitative estimate of drug-likeness (QED) is 0.200. The third-order valence-corrected chi connectivity index (χ3v) is 7.04. The van der Waals surface area contributed by atoms with Crippen LogP contribution in [0.3, 0.4) is 0 Å².